The minimum Gasteiger partial charge on any atom is -0.660 e. The SMILES string of the molecule is CC(C)(C)[N-][Si](C)(C)C1CC2C3CCCCC3CC3CCCCC3C2C1.[CH3-].[CH3-].[CH3-].[Ti+4]. The maximum Gasteiger partial charge on any atom is 4.00 e. The van der Waals surface area contributed by atoms with Crippen LogP contribution in [0.2, 0.25) is 18.6 Å². The van der Waals surface area contributed by atoms with Gasteiger partial charge in [-0.2, -0.15) is 0 Å². The second kappa shape index (κ2) is 11.8. The fourth-order valence-corrected chi connectivity index (χ4v) is 11.8. The molecule has 6 atom stereocenters. The van der Waals surface area contributed by atoms with Gasteiger partial charge in [-0.25, -0.2) is 0 Å². The van der Waals surface area contributed by atoms with Gasteiger partial charge in [-0.1, -0.05) is 99.0 Å². The Labute approximate surface area is 207 Å². The summed E-state index contributed by atoms with van der Waals surface area (Å²) in [4.78, 5) is 5.45. The summed E-state index contributed by atoms with van der Waals surface area (Å²) >= 11 is 0. The van der Waals surface area contributed by atoms with Crippen molar-refractivity contribution < 1.29 is 21.7 Å². The summed E-state index contributed by atoms with van der Waals surface area (Å²) < 4.78 is 0. The second-order valence-corrected chi connectivity index (χ2v) is 16.4. The number of nitrogens with zero attached hydrogens (tertiary/aromatic N) is 1. The summed E-state index contributed by atoms with van der Waals surface area (Å²) in [5, 5.41) is 0. The molecule has 6 unspecified atom stereocenters. The first-order chi connectivity index (χ1) is 12.2. The third-order valence-electron chi connectivity index (χ3n) is 8.93. The Hall–Kier alpha value is 0.891. The zero-order valence-electron chi connectivity index (χ0n) is 21.8. The van der Waals surface area contributed by atoms with E-state index < -0.39 is 8.24 Å². The molecule has 0 saturated heterocycles. The molecule has 4 aliphatic carbocycles. The minimum atomic E-state index is -1.50. The maximum absolute atomic E-state index is 5.45. The first-order valence-corrected chi connectivity index (χ1v) is 15.0. The van der Waals surface area contributed by atoms with Crippen LogP contribution in [0.1, 0.15) is 91.4 Å². The number of fused-ring (bicyclic) bond motifs is 5. The third-order valence-corrected chi connectivity index (χ3v) is 12.6. The molecular weight excluding hydrogens is 414 g/mol. The van der Waals surface area contributed by atoms with E-state index in [2.05, 4.69) is 33.9 Å². The molecule has 30 heavy (non-hydrogen) atoms. The van der Waals surface area contributed by atoms with Crippen molar-refractivity contribution in [3.8, 4) is 0 Å². The van der Waals surface area contributed by atoms with Crippen LogP contribution in [0.4, 0.5) is 0 Å². The zero-order valence-corrected chi connectivity index (χ0v) is 24.3. The Morgan fingerprint density at radius 2 is 1.03 bits per heavy atom. The van der Waals surface area contributed by atoms with Crippen molar-refractivity contribution in [1.29, 1.82) is 0 Å². The molecule has 3 heteroatoms. The molecule has 0 aromatic rings. The van der Waals surface area contributed by atoms with Crippen LogP contribution in [0.3, 0.4) is 0 Å². The van der Waals surface area contributed by atoms with E-state index in [-0.39, 0.29) is 49.5 Å². The van der Waals surface area contributed by atoms with Gasteiger partial charge in [-0.3, -0.25) is 0 Å². The van der Waals surface area contributed by atoms with Gasteiger partial charge in [0.05, 0.1) is 0 Å². The van der Waals surface area contributed by atoms with Crippen LogP contribution in [0.15, 0.2) is 0 Å². The molecule has 0 bridgehead atoms. The van der Waals surface area contributed by atoms with Crippen LogP contribution in [-0.2, 0) is 21.7 Å². The second-order valence-electron chi connectivity index (χ2n) is 12.1. The average molecular weight is 468 g/mol. The molecule has 0 spiro atoms. The van der Waals surface area contributed by atoms with E-state index in [0.29, 0.717) is 0 Å². The van der Waals surface area contributed by atoms with Crippen LogP contribution < -0.4 is 0 Å². The first-order valence-electron chi connectivity index (χ1n) is 12.0. The van der Waals surface area contributed by atoms with Crippen molar-refractivity contribution in [3.63, 3.8) is 0 Å². The van der Waals surface area contributed by atoms with Gasteiger partial charge in [0.2, 0.25) is 0 Å². The summed E-state index contributed by atoms with van der Waals surface area (Å²) in [5.41, 5.74) is 1.11. The van der Waals surface area contributed by atoms with Crippen molar-refractivity contribution in [2.45, 2.75) is 116 Å². The molecule has 4 rings (SSSR count). The van der Waals surface area contributed by atoms with Gasteiger partial charge in [0.1, 0.15) is 0 Å². The van der Waals surface area contributed by atoms with E-state index in [1.807, 2.05) is 0 Å². The molecular formula is C27H53NSiTi. The molecule has 4 aliphatic rings. The molecule has 0 heterocycles. The summed E-state index contributed by atoms with van der Waals surface area (Å²) in [6.07, 6.45) is 17.1. The van der Waals surface area contributed by atoms with E-state index in [4.69, 9.17) is 4.98 Å². The Morgan fingerprint density at radius 1 is 0.633 bits per heavy atom. The molecule has 0 amide bonds. The van der Waals surface area contributed by atoms with E-state index in [9.17, 15) is 0 Å². The molecule has 4 fully saturated rings. The Bertz CT molecular complexity index is 470. The molecule has 174 valence electrons. The predicted molar refractivity (Wildman–Crippen MR) is 135 cm³/mol. The Kier molecular flexibility index (Phi) is 12.2. The van der Waals surface area contributed by atoms with Crippen LogP contribution in [0.25, 0.3) is 4.98 Å². The summed E-state index contributed by atoms with van der Waals surface area (Å²) in [5.74, 6) is 6.49. The number of hydrogen-bond acceptors (Lipinski definition) is 0. The molecule has 0 aliphatic heterocycles. The van der Waals surface area contributed by atoms with E-state index in [1.54, 1.807) is 44.9 Å². The van der Waals surface area contributed by atoms with Gasteiger partial charge in [-0.15, -0.1) is 5.54 Å². The Morgan fingerprint density at radius 3 is 1.43 bits per heavy atom. The van der Waals surface area contributed by atoms with Crippen molar-refractivity contribution in [1.82, 2.24) is 0 Å². The van der Waals surface area contributed by atoms with Gasteiger partial charge in [0, 0.05) is 0 Å². The summed E-state index contributed by atoms with van der Waals surface area (Å²) in [6.45, 7) is 12.1. The van der Waals surface area contributed by atoms with Gasteiger partial charge >= 0.3 is 21.7 Å². The smallest absolute Gasteiger partial charge is 0.660 e. The van der Waals surface area contributed by atoms with E-state index in [0.717, 1.165) is 41.0 Å². The molecule has 0 aromatic heterocycles. The topological polar surface area (TPSA) is 14.1 Å². The van der Waals surface area contributed by atoms with Crippen molar-refractivity contribution in [2.24, 2.45) is 35.5 Å². The number of hydrogen-bond donors (Lipinski definition) is 0. The standard InChI is InChI=1S/C24H44NSi.3CH3.Ti/c1-24(2,3)25-26(4,5)19-15-22-20-12-8-6-10-17(20)14-18-11-7-9-13-21(18)23(22)16-19;;;;/h17-23H,6-16H2,1-5H3;3*1H3;/q4*-1;+4. The van der Waals surface area contributed by atoms with E-state index in [1.165, 1.54) is 25.7 Å². The third kappa shape index (κ3) is 6.48. The monoisotopic (exact) mass is 467 g/mol. The normalized spacial score (nSPS) is 38.1. The molecule has 4 saturated carbocycles. The van der Waals surface area contributed by atoms with Gasteiger partial charge in [0.25, 0.3) is 0 Å². The van der Waals surface area contributed by atoms with Gasteiger partial charge in [-0.05, 0) is 54.8 Å². The van der Waals surface area contributed by atoms with Crippen molar-refractivity contribution in [2.75, 3.05) is 0 Å². The molecule has 0 radical (unpaired) electrons. The van der Waals surface area contributed by atoms with Crippen molar-refractivity contribution >= 4 is 8.24 Å². The molecule has 0 N–H and O–H groups in total. The van der Waals surface area contributed by atoms with Crippen molar-refractivity contribution in [3.05, 3.63) is 27.3 Å². The minimum absolute atomic E-state index is 0. The summed E-state index contributed by atoms with van der Waals surface area (Å²) in [7, 11) is -1.50. The van der Waals surface area contributed by atoms with Crippen LogP contribution in [0.5, 0.6) is 0 Å². The van der Waals surface area contributed by atoms with Gasteiger partial charge < -0.3 is 27.3 Å². The first kappa shape index (κ1) is 30.9. The fraction of sp³-hybridized carbons (Fsp3) is 0.889. The predicted octanol–water partition coefficient (Wildman–Crippen LogP) is 9.12. The van der Waals surface area contributed by atoms with Crippen LogP contribution in [-0.4, -0.2) is 13.8 Å². The van der Waals surface area contributed by atoms with Crippen LogP contribution in [0, 0.1) is 57.8 Å². The largest absolute Gasteiger partial charge is 4.00 e. The summed E-state index contributed by atoms with van der Waals surface area (Å²) in [6, 6.07) is 0. The maximum atomic E-state index is 5.45. The fourth-order valence-electron chi connectivity index (χ4n) is 8.19. The molecule has 1 nitrogen and oxygen atoms in total. The van der Waals surface area contributed by atoms with Gasteiger partial charge in [0.15, 0.2) is 0 Å². The van der Waals surface area contributed by atoms with Crippen LogP contribution >= 0.6 is 0 Å². The zero-order chi connectivity index (χ0) is 18.5. The van der Waals surface area contributed by atoms with E-state index >= 15 is 0 Å². The quantitative estimate of drug-likeness (QED) is 0.284. The molecule has 0 aromatic carbocycles. The average Bonchev–Trinajstić information content (AvgIpc) is 2.95. The Balaban J connectivity index is 0.00000210. The number of rotatable bonds is 2.